The first-order chi connectivity index (χ1) is 4.80. The molecule has 0 amide bonds. The third-order valence-electron chi connectivity index (χ3n) is 2.44. The Hall–Kier alpha value is -0.0400. The summed E-state index contributed by atoms with van der Waals surface area (Å²) in [5, 5.41) is 9.19. The van der Waals surface area contributed by atoms with E-state index in [9.17, 15) is 5.11 Å². The summed E-state index contributed by atoms with van der Waals surface area (Å²) in [6, 6.07) is 0. The number of aliphatic hydroxyl groups is 1. The molecular formula is C9H17O. The SMILES string of the molecule is [CH2]C(O)C1CCCCCC1. The van der Waals surface area contributed by atoms with Gasteiger partial charge in [-0.25, -0.2) is 0 Å². The van der Waals surface area contributed by atoms with E-state index in [0.29, 0.717) is 5.92 Å². The Morgan fingerprint density at radius 2 is 1.60 bits per heavy atom. The van der Waals surface area contributed by atoms with Crippen molar-refractivity contribution in [1.29, 1.82) is 0 Å². The molecule has 0 bridgehead atoms. The Labute approximate surface area is 63.4 Å². The smallest absolute Gasteiger partial charge is 0.0569 e. The van der Waals surface area contributed by atoms with Crippen LogP contribution >= 0.6 is 0 Å². The van der Waals surface area contributed by atoms with Gasteiger partial charge >= 0.3 is 0 Å². The van der Waals surface area contributed by atoms with Crippen molar-refractivity contribution < 1.29 is 5.11 Å². The van der Waals surface area contributed by atoms with Crippen LogP contribution in [0.1, 0.15) is 38.5 Å². The van der Waals surface area contributed by atoms with Gasteiger partial charge in [-0.1, -0.05) is 25.7 Å². The zero-order valence-corrected chi connectivity index (χ0v) is 6.55. The molecule has 10 heavy (non-hydrogen) atoms. The lowest BCUT2D eigenvalue weighted by Gasteiger charge is -2.16. The van der Waals surface area contributed by atoms with Crippen LogP contribution < -0.4 is 0 Å². The minimum absolute atomic E-state index is 0.321. The zero-order chi connectivity index (χ0) is 7.40. The predicted molar refractivity (Wildman–Crippen MR) is 42.6 cm³/mol. The van der Waals surface area contributed by atoms with Crippen LogP contribution in [0.4, 0.5) is 0 Å². The van der Waals surface area contributed by atoms with Crippen molar-refractivity contribution in [1.82, 2.24) is 0 Å². The molecule has 0 aromatic carbocycles. The summed E-state index contributed by atoms with van der Waals surface area (Å²) >= 11 is 0. The third-order valence-corrected chi connectivity index (χ3v) is 2.44. The molecule has 1 saturated carbocycles. The molecule has 1 unspecified atom stereocenters. The topological polar surface area (TPSA) is 20.2 Å². The normalized spacial score (nSPS) is 25.8. The van der Waals surface area contributed by atoms with Crippen LogP contribution in [0.25, 0.3) is 0 Å². The molecule has 1 nitrogen and oxygen atoms in total. The van der Waals surface area contributed by atoms with Crippen molar-refractivity contribution in [2.75, 3.05) is 0 Å². The highest BCUT2D eigenvalue weighted by atomic mass is 16.3. The molecular weight excluding hydrogens is 124 g/mol. The highest BCUT2D eigenvalue weighted by Crippen LogP contribution is 2.24. The summed E-state index contributed by atoms with van der Waals surface area (Å²) in [6.45, 7) is 3.66. The van der Waals surface area contributed by atoms with Gasteiger partial charge in [0, 0.05) is 0 Å². The van der Waals surface area contributed by atoms with Crippen LogP contribution in [-0.2, 0) is 0 Å². The summed E-state index contributed by atoms with van der Waals surface area (Å²) < 4.78 is 0. The fourth-order valence-corrected chi connectivity index (χ4v) is 1.70. The second kappa shape index (κ2) is 3.97. The molecule has 0 aromatic rings. The maximum Gasteiger partial charge on any atom is 0.0569 e. The molecule has 0 spiro atoms. The van der Waals surface area contributed by atoms with E-state index in [0.717, 1.165) is 0 Å². The first-order valence-corrected chi connectivity index (χ1v) is 4.32. The second-order valence-electron chi connectivity index (χ2n) is 3.32. The molecule has 1 atom stereocenters. The van der Waals surface area contributed by atoms with Gasteiger partial charge in [0.1, 0.15) is 0 Å². The summed E-state index contributed by atoms with van der Waals surface area (Å²) in [5.41, 5.74) is 0. The van der Waals surface area contributed by atoms with Crippen LogP contribution in [-0.4, -0.2) is 11.2 Å². The largest absolute Gasteiger partial charge is 0.393 e. The number of hydrogen-bond donors (Lipinski definition) is 1. The molecule has 0 saturated heterocycles. The van der Waals surface area contributed by atoms with Gasteiger partial charge in [-0.3, -0.25) is 0 Å². The van der Waals surface area contributed by atoms with Crippen LogP contribution in [0.2, 0.25) is 0 Å². The second-order valence-corrected chi connectivity index (χ2v) is 3.32. The summed E-state index contributed by atoms with van der Waals surface area (Å²) in [4.78, 5) is 0. The lowest BCUT2D eigenvalue weighted by molar-refractivity contribution is 0.139. The van der Waals surface area contributed by atoms with Crippen molar-refractivity contribution in [2.24, 2.45) is 5.92 Å². The van der Waals surface area contributed by atoms with Gasteiger partial charge in [0.05, 0.1) is 6.10 Å². The van der Waals surface area contributed by atoms with Crippen molar-refractivity contribution in [3.05, 3.63) is 6.92 Å². The lowest BCUT2D eigenvalue weighted by Crippen LogP contribution is -2.15. The zero-order valence-electron chi connectivity index (χ0n) is 6.55. The minimum Gasteiger partial charge on any atom is -0.393 e. The summed E-state index contributed by atoms with van der Waals surface area (Å²) in [5.74, 6) is 0.488. The van der Waals surface area contributed by atoms with Gasteiger partial charge in [0.2, 0.25) is 0 Å². The number of hydrogen-bond acceptors (Lipinski definition) is 1. The number of rotatable bonds is 1. The first kappa shape index (κ1) is 8.06. The van der Waals surface area contributed by atoms with E-state index in [2.05, 4.69) is 6.92 Å². The fourth-order valence-electron chi connectivity index (χ4n) is 1.70. The Kier molecular flexibility index (Phi) is 3.20. The minimum atomic E-state index is -0.321. The van der Waals surface area contributed by atoms with E-state index >= 15 is 0 Å². The quantitative estimate of drug-likeness (QED) is 0.555. The molecule has 1 N–H and O–H groups in total. The van der Waals surface area contributed by atoms with E-state index in [1.807, 2.05) is 0 Å². The van der Waals surface area contributed by atoms with Crippen molar-refractivity contribution >= 4 is 0 Å². The monoisotopic (exact) mass is 141 g/mol. The van der Waals surface area contributed by atoms with Crippen LogP contribution in [0.3, 0.4) is 0 Å². The molecule has 1 aliphatic carbocycles. The van der Waals surface area contributed by atoms with Gasteiger partial charge in [-0.2, -0.15) is 0 Å². The molecule has 0 heterocycles. The molecule has 0 aromatic heterocycles. The Bertz CT molecular complexity index is 80.7. The molecule has 1 fully saturated rings. The molecule has 1 radical (unpaired) electrons. The van der Waals surface area contributed by atoms with E-state index < -0.39 is 0 Å². The maximum atomic E-state index is 9.19. The maximum absolute atomic E-state index is 9.19. The van der Waals surface area contributed by atoms with Crippen LogP contribution in [0, 0.1) is 12.8 Å². The van der Waals surface area contributed by atoms with Gasteiger partial charge < -0.3 is 5.11 Å². The van der Waals surface area contributed by atoms with Gasteiger partial charge in [-0.05, 0) is 25.7 Å². The highest BCUT2D eigenvalue weighted by molar-refractivity contribution is 4.72. The van der Waals surface area contributed by atoms with E-state index in [4.69, 9.17) is 0 Å². The van der Waals surface area contributed by atoms with Crippen molar-refractivity contribution in [3.63, 3.8) is 0 Å². The van der Waals surface area contributed by atoms with Crippen LogP contribution in [0.15, 0.2) is 0 Å². The van der Waals surface area contributed by atoms with Crippen molar-refractivity contribution in [3.8, 4) is 0 Å². The number of aliphatic hydroxyl groups excluding tert-OH is 1. The Morgan fingerprint density at radius 1 is 1.10 bits per heavy atom. The molecule has 0 aliphatic heterocycles. The van der Waals surface area contributed by atoms with E-state index in [1.165, 1.54) is 38.5 Å². The fraction of sp³-hybridized carbons (Fsp3) is 0.889. The Balaban J connectivity index is 2.28. The molecule has 1 aliphatic rings. The molecule has 1 heteroatoms. The highest BCUT2D eigenvalue weighted by Gasteiger charge is 2.16. The predicted octanol–water partition coefficient (Wildman–Crippen LogP) is 2.15. The summed E-state index contributed by atoms with van der Waals surface area (Å²) in [7, 11) is 0. The average Bonchev–Trinajstić information content (AvgIpc) is 2.12. The van der Waals surface area contributed by atoms with E-state index in [1.54, 1.807) is 0 Å². The van der Waals surface area contributed by atoms with Crippen LogP contribution in [0.5, 0.6) is 0 Å². The van der Waals surface area contributed by atoms with Gasteiger partial charge in [-0.15, -0.1) is 0 Å². The molecule has 1 rings (SSSR count). The van der Waals surface area contributed by atoms with E-state index in [-0.39, 0.29) is 6.10 Å². The van der Waals surface area contributed by atoms with Crippen molar-refractivity contribution in [2.45, 2.75) is 44.6 Å². The van der Waals surface area contributed by atoms with Gasteiger partial charge in [0.25, 0.3) is 0 Å². The molecule has 59 valence electrons. The standard InChI is InChI=1S/C9H17O/c1-8(10)9-6-4-2-3-5-7-9/h8-10H,1-7H2. The summed E-state index contributed by atoms with van der Waals surface area (Å²) in [6.07, 6.45) is 7.33. The third kappa shape index (κ3) is 2.30. The lowest BCUT2D eigenvalue weighted by atomic mass is 9.95. The average molecular weight is 141 g/mol. The Morgan fingerprint density at radius 3 is 2.00 bits per heavy atom. The van der Waals surface area contributed by atoms with Gasteiger partial charge in [0.15, 0.2) is 0 Å². The first-order valence-electron chi connectivity index (χ1n) is 4.32.